The van der Waals surface area contributed by atoms with Crippen molar-refractivity contribution < 1.29 is 65.2 Å². The van der Waals surface area contributed by atoms with E-state index >= 15 is 0 Å². The molecule has 304 valence electrons. The van der Waals surface area contributed by atoms with Gasteiger partial charge in [-0.25, -0.2) is 19.2 Å². The van der Waals surface area contributed by atoms with Crippen LogP contribution in [-0.2, 0) is 22.7 Å². The van der Waals surface area contributed by atoms with Crippen LogP contribution in [0, 0.1) is 0 Å². The van der Waals surface area contributed by atoms with E-state index in [1.807, 2.05) is 79.7 Å². The Labute approximate surface area is 316 Å². The second-order valence-electron chi connectivity index (χ2n) is 11.4. The Morgan fingerprint density at radius 1 is 0.750 bits per heavy atom. The molecule has 4 amide bonds. The highest BCUT2D eigenvalue weighted by molar-refractivity contribution is 6.01. The molecule has 0 saturated carbocycles. The molecule has 0 spiro atoms. The molecule has 1 heterocycles. The molecule has 6 N–H and O–H groups in total. The minimum absolute atomic E-state index is 0.302. The summed E-state index contributed by atoms with van der Waals surface area (Å²) < 4.78 is 74.1. The number of alkyl halides is 6. The van der Waals surface area contributed by atoms with E-state index < -0.39 is 30.3 Å². The van der Waals surface area contributed by atoms with Gasteiger partial charge in [-0.05, 0) is 67.2 Å². The van der Waals surface area contributed by atoms with Crippen molar-refractivity contribution in [1.82, 2.24) is 25.7 Å². The lowest BCUT2D eigenvalue weighted by molar-refractivity contribution is -0.193. The summed E-state index contributed by atoms with van der Waals surface area (Å²) in [6.45, 7) is 1.59. The van der Waals surface area contributed by atoms with Crippen molar-refractivity contribution >= 4 is 35.4 Å². The molecule has 0 bridgehead atoms. The molecule has 21 heteroatoms. The van der Waals surface area contributed by atoms with Crippen LogP contribution in [0.15, 0.2) is 79.1 Å². The maximum Gasteiger partial charge on any atom is 0.490 e. The molecule has 4 aromatic rings. The number of rotatable bonds is 12. The monoisotopic (exact) mass is 799 g/mol. The van der Waals surface area contributed by atoms with Crippen LogP contribution in [0.2, 0.25) is 0 Å². The first-order chi connectivity index (χ1) is 26.2. The van der Waals surface area contributed by atoms with E-state index in [4.69, 9.17) is 29.3 Å². The van der Waals surface area contributed by atoms with Crippen molar-refractivity contribution in [2.75, 3.05) is 51.6 Å². The van der Waals surface area contributed by atoms with Gasteiger partial charge in [0, 0.05) is 37.9 Å². The molecule has 0 fully saturated rings. The first kappa shape index (κ1) is 45.6. The van der Waals surface area contributed by atoms with Crippen LogP contribution in [0.3, 0.4) is 0 Å². The van der Waals surface area contributed by atoms with Gasteiger partial charge in [0.05, 0.1) is 31.8 Å². The number of carbonyl (C=O) groups is 4. The summed E-state index contributed by atoms with van der Waals surface area (Å²) in [5.41, 5.74) is 4.53. The second kappa shape index (κ2) is 21.4. The van der Waals surface area contributed by atoms with Gasteiger partial charge >= 0.3 is 36.4 Å². The van der Waals surface area contributed by atoms with Crippen LogP contribution in [0.4, 0.5) is 47.3 Å². The first-order valence-electron chi connectivity index (χ1n) is 16.0. The number of benzene rings is 3. The number of hydrogen-bond acceptors (Lipinski definition) is 8. The Balaban J connectivity index is 0.000000657. The van der Waals surface area contributed by atoms with Crippen LogP contribution in [-0.4, -0.2) is 103 Å². The highest BCUT2D eigenvalue weighted by Crippen LogP contribution is 2.32. The second-order valence-corrected chi connectivity index (χ2v) is 11.4. The lowest BCUT2D eigenvalue weighted by Gasteiger charge is -2.27. The molecule has 0 aliphatic heterocycles. The zero-order valence-corrected chi connectivity index (χ0v) is 30.3. The number of aromatic amines is 1. The average Bonchev–Trinajstić information content (AvgIpc) is 3.69. The van der Waals surface area contributed by atoms with Crippen molar-refractivity contribution in [2.24, 2.45) is 0 Å². The number of amides is 4. The molecule has 0 unspecified atom stereocenters. The summed E-state index contributed by atoms with van der Waals surface area (Å²) in [4.78, 5) is 48.2. The molecule has 1 aromatic heterocycles. The number of hydrogen-bond donors (Lipinski definition) is 6. The highest BCUT2D eigenvalue weighted by Gasteiger charge is 2.39. The predicted molar refractivity (Wildman–Crippen MR) is 191 cm³/mol. The Hall–Kier alpha value is -6.51. The van der Waals surface area contributed by atoms with Crippen molar-refractivity contribution in [3.63, 3.8) is 0 Å². The summed E-state index contributed by atoms with van der Waals surface area (Å²) in [5, 5.41) is 30.0. The molecule has 0 atom stereocenters. The molecule has 0 aliphatic carbocycles. The standard InChI is InChI=1S/C31H37N7O4.2C2HF3O2/c1-37(2)13-14-38(31(40)33-19-23-8-6-10-27(16-23)42-4)29-17-24(25-20-34-35-21-25)11-12-28(29)36-30(39)32-18-22-7-5-9-26(15-22)41-3;2*3-2(4,5)1(6)7/h5-12,15-17,20-21H,13-14,18-19H2,1-4H3,(H,33,40)(H,34,35)(H2,32,36,39);2*(H,6,7). The summed E-state index contributed by atoms with van der Waals surface area (Å²) >= 11 is 0. The van der Waals surface area contributed by atoms with E-state index in [0.717, 1.165) is 22.3 Å². The van der Waals surface area contributed by atoms with E-state index in [1.165, 1.54) is 0 Å². The molecular formula is C35H39F6N7O8. The normalized spacial score (nSPS) is 10.8. The van der Waals surface area contributed by atoms with Gasteiger partial charge in [0.15, 0.2) is 0 Å². The minimum Gasteiger partial charge on any atom is -0.497 e. The number of aliphatic carboxylic acids is 2. The van der Waals surface area contributed by atoms with Gasteiger partial charge in [-0.2, -0.15) is 31.4 Å². The maximum atomic E-state index is 13.7. The van der Waals surface area contributed by atoms with Gasteiger partial charge in [-0.3, -0.25) is 10.00 Å². The molecule has 56 heavy (non-hydrogen) atoms. The Morgan fingerprint density at radius 3 is 1.71 bits per heavy atom. The van der Waals surface area contributed by atoms with Crippen molar-refractivity contribution in [1.29, 1.82) is 0 Å². The smallest absolute Gasteiger partial charge is 0.490 e. The van der Waals surface area contributed by atoms with Crippen molar-refractivity contribution in [2.45, 2.75) is 25.4 Å². The number of carbonyl (C=O) groups excluding carboxylic acids is 2. The number of carboxylic acids is 2. The third kappa shape index (κ3) is 15.8. The summed E-state index contributed by atoms with van der Waals surface area (Å²) in [5.74, 6) is -4.09. The maximum absolute atomic E-state index is 13.7. The molecule has 4 rings (SSSR count). The zero-order valence-electron chi connectivity index (χ0n) is 30.3. The number of urea groups is 2. The Bertz CT molecular complexity index is 1870. The number of nitrogens with zero attached hydrogens (tertiary/aromatic N) is 3. The molecule has 0 saturated heterocycles. The van der Waals surface area contributed by atoms with E-state index in [0.29, 0.717) is 49.1 Å². The number of aromatic nitrogens is 2. The third-order valence-electron chi connectivity index (χ3n) is 7.03. The van der Waals surface area contributed by atoms with Crippen LogP contribution in [0.1, 0.15) is 11.1 Å². The third-order valence-corrected chi connectivity index (χ3v) is 7.03. The fourth-order valence-electron chi connectivity index (χ4n) is 4.27. The molecule has 3 aromatic carbocycles. The van der Waals surface area contributed by atoms with E-state index in [9.17, 15) is 35.9 Å². The van der Waals surface area contributed by atoms with Gasteiger partial charge in [-0.15, -0.1) is 0 Å². The highest BCUT2D eigenvalue weighted by atomic mass is 19.4. The van der Waals surface area contributed by atoms with Gasteiger partial charge in [-0.1, -0.05) is 30.3 Å². The number of carboxylic acid groups (broad SMARTS) is 2. The quantitative estimate of drug-likeness (QED) is 0.0930. The van der Waals surface area contributed by atoms with Gasteiger partial charge in [0.25, 0.3) is 0 Å². The Morgan fingerprint density at radius 2 is 1.27 bits per heavy atom. The zero-order chi connectivity index (χ0) is 42.1. The number of ether oxygens (including phenoxy) is 2. The number of likely N-dealkylation sites (N-methyl/N-ethyl adjacent to an activating group) is 1. The van der Waals surface area contributed by atoms with E-state index in [2.05, 4.69) is 26.1 Å². The molecule has 0 aliphatic rings. The first-order valence-corrected chi connectivity index (χ1v) is 16.0. The molecule has 15 nitrogen and oxygen atoms in total. The minimum atomic E-state index is -5.08. The Kier molecular flexibility index (Phi) is 17.4. The largest absolute Gasteiger partial charge is 0.497 e. The van der Waals surface area contributed by atoms with E-state index in [1.54, 1.807) is 37.6 Å². The van der Waals surface area contributed by atoms with Crippen LogP contribution >= 0.6 is 0 Å². The topological polar surface area (TPSA) is 198 Å². The van der Waals surface area contributed by atoms with Gasteiger partial charge in [0.1, 0.15) is 11.5 Å². The summed E-state index contributed by atoms with van der Waals surface area (Å²) in [6.07, 6.45) is -6.68. The number of halogens is 6. The summed E-state index contributed by atoms with van der Waals surface area (Å²) in [6, 6.07) is 19.9. The predicted octanol–water partition coefficient (Wildman–Crippen LogP) is 5.96. The fourth-order valence-corrected chi connectivity index (χ4v) is 4.27. The van der Waals surface area contributed by atoms with Crippen LogP contribution in [0.25, 0.3) is 11.1 Å². The lowest BCUT2D eigenvalue weighted by atomic mass is 10.1. The van der Waals surface area contributed by atoms with Gasteiger partial charge in [0.2, 0.25) is 0 Å². The van der Waals surface area contributed by atoms with Crippen molar-refractivity contribution in [3.05, 3.63) is 90.3 Å². The number of methoxy groups -OCH3 is 2. The molecule has 0 radical (unpaired) electrons. The number of nitrogens with one attached hydrogen (secondary N) is 4. The van der Waals surface area contributed by atoms with Crippen LogP contribution in [0.5, 0.6) is 11.5 Å². The lowest BCUT2D eigenvalue weighted by Crippen LogP contribution is -2.43. The van der Waals surface area contributed by atoms with E-state index in [-0.39, 0.29) is 6.03 Å². The van der Waals surface area contributed by atoms with Crippen LogP contribution < -0.4 is 30.3 Å². The number of H-pyrrole nitrogens is 1. The van der Waals surface area contributed by atoms with Crippen molar-refractivity contribution in [3.8, 4) is 22.6 Å². The number of anilines is 2. The molecular weight excluding hydrogens is 760 g/mol. The summed E-state index contributed by atoms with van der Waals surface area (Å²) in [7, 11) is 7.09. The van der Waals surface area contributed by atoms with Gasteiger partial charge < -0.3 is 40.5 Å². The average molecular weight is 800 g/mol. The SMILES string of the molecule is COc1cccc(CNC(=O)Nc2ccc(-c3cn[nH]c3)cc2N(CCN(C)C)C(=O)NCc2cccc(OC)c2)c1.O=C(O)C(F)(F)F.O=C(O)C(F)(F)F. The fraction of sp³-hybridized carbons (Fsp3) is 0.286.